The van der Waals surface area contributed by atoms with Gasteiger partial charge in [0.05, 0.1) is 5.39 Å². The molecule has 3 rings (SSSR count). The molecule has 0 N–H and O–H groups in total. The van der Waals surface area contributed by atoms with Crippen molar-refractivity contribution in [2.45, 2.75) is 47.6 Å². The van der Waals surface area contributed by atoms with Gasteiger partial charge >= 0.3 is 0 Å². The topological polar surface area (TPSA) is 60.3 Å². The lowest BCUT2D eigenvalue weighted by Crippen LogP contribution is -2.40. The summed E-state index contributed by atoms with van der Waals surface area (Å²) in [5.41, 5.74) is 5.82. The number of amides is 1. The van der Waals surface area contributed by atoms with Crippen LogP contribution in [-0.2, 0) is 11.8 Å². The van der Waals surface area contributed by atoms with Crippen molar-refractivity contribution >= 4 is 22.6 Å². The van der Waals surface area contributed by atoms with Gasteiger partial charge in [-0.3, -0.25) is 4.79 Å². The van der Waals surface area contributed by atoms with Crippen LogP contribution in [0.1, 0.15) is 36.2 Å². The Morgan fingerprint density at radius 1 is 1.14 bits per heavy atom. The molecule has 0 fully saturated rings. The maximum atomic E-state index is 13.1. The van der Waals surface area contributed by atoms with E-state index in [1.54, 1.807) is 9.58 Å². The number of pyridine rings is 1. The van der Waals surface area contributed by atoms with Gasteiger partial charge < -0.3 is 9.64 Å². The zero-order chi connectivity index (χ0) is 20.6. The quantitative estimate of drug-likeness (QED) is 0.671. The molecule has 0 radical (unpaired) electrons. The molecule has 0 saturated heterocycles. The predicted octanol–water partition coefficient (Wildman–Crippen LogP) is 4.02. The van der Waals surface area contributed by atoms with Crippen molar-refractivity contribution in [3.63, 3.8) is 0 Å². The molecule has 1 aromatic carbocycles. The summed E-state index contributed by atoms with van der Waals surface area (Å²) in [6.45, 7) is 11.9. The second kappa shape index (κ2) is 7.62. The fourth-order valence-corrected chi connectivity index (χ4v) is 3.53. The Morgan fingerprint density at radius 2 is 1.86 bits per heavy atom. The van der Waals surface area contributed by atoms with E-state index < -0.39 is 0 Å². The normalized spacial score (nSPS) is 11.3. The highest BCUT2D eigenvalue weighted by Crippen LogP contribution is 2.28. The summed E-state index contributed by atoms with van der Waals surface area (Å²) in [6, 6.07) is 8.15. The van der Waals surface area contributed by atoms with Crippen LogP contribution in [0.2, 0.25) is 0 Å². The maximum Gasteiger partial charge on any atom is 0.265 e. The van der Waals surface area contributed by atoms with Crippen molar-refractivity contribution in [3.8, 4) is 5.88 Å². The Kier molecular flexibility index (Phi) is 5.40. The van der Waals surface area contributed by atoms with Crippen LogP contribution in [-0.4, -0.2) is 33.3 Å². The summed E-state index contributed by atoms with van der Waals surface area (Å²) in [5.74, 6) is 0.348. The second-order valence-electron chi connectivity index (χ2n) is 7.64. The molecule has 2 heterocycles. The molecule has 0 bridgehead atoms. The van der Waals surface area contributed by atoms with Gasteiger partial charge in [-0.25, -0.2) is 9.67 Å². The Bertz CT molecular complexity index is 1040. The molecule has 148 valence electrons. The van der Waals surface area contributed by atoms with E-state index >= 15 is 0 Å². The van der Waals surface area contributed by atoms with Crippen molar-refractivity contribution < 1.29 is 9.53 Å². The van der Waals surface area contributed by atoms with Gasteiger partial charge in [0.15, 0.2) is 12.3 Å². The zero-order valence-electron chi connectivity index (χ0n) is 17.7. The minimum Gasteiger partial charge on any atom is -0.466 e. The fourth-order valence-electron chi connectivity index (χ4n) is 3.53. The van der Waals surface area contributed by atoms with Crippen LogP contribution in [0.3, 0.4) is 0 Å². The number of fused-ring (bicyclic) bond motifs is 1. The van der Waals surface area contributed by atoms with Crippen molar-refractivity contribution in [1.82, 2.24) is 14.8 Å². The smallest absolute Gasteiger partial charge is 0.265 e. The summed E-state index contributed by atoms with van der Waals surface area (Å²) in [5, 5.41) is 5.28. The first kappa shape index (κ1) is 19.9. The molecule has 6 nitrogen and oxygen atoms in total. The Morgan fingerprint density at radius 3 is 2.54 bits per heavy atom. The van der Waals surface area contributed by atoms with Crippen molar-refractivity contribution in [3.05, 3.63) is 46.6 Å². The molecule has 6 heteroatoms. The Balaban J connectivity index is 1.88. The molecular formula is C22H28N4O2. The minimum atomic E-state index is -0.0970. The lowest BCUT2D eigenvalue weighted by Gasteiger charge is -2.28. The van der Waals surface area contributed by atoms with Crippen molar-refractivity contribution in [2.24, 2.45) is 7.05 Å². The van der Waals surface area contributed by atoms with Crippen LogP contribution in [0.15, 0.2) is 24.3 Å². The predicted molar refractivity (Wildman–Crippen MR) is 112 cm³/mol. The fraction of sp³-hybridized carbons (Fsp3) is 0.409. The average molecular weight is 380 g/mol. The van der Waals surface area contributed by atoms with Gasteiger partial charge in [-0.2, -0.15) is 0 Å². The number of aromatic nitrogens is 3. The summed E-state index contributed by atoms with van der Waals surface area (Å²) in [4.78, 5) is 19.4. The van der Waals surface area contributed by atoms with Crippen LogP contribution in [0.25, 0.3) is 11.0 Å². The molecule has 0 unspecified atom stereocenters. The third-order valence-electron chi connectivity index (χ3n) is 4.83. The largest absolute Gasteiger partial charge is 0.466 e. The first-order valence-corrected chi connectivity index (χ1v) is 9.52. The van der Waals surface area contributed by atoms with Crippen LogP contribution in [0.4, 0.5) is 5.69 Å². The first-order valence-electron chi connectivity index (χ1n) is 9.52. The maximum absolute atomic E-state index is 13.1. The van der Waals surface area contributed by atoms with Gasteiger partial charge in [-0.1, -0.05) is 12.1 Å². The van der Waals surface area contributed by atoms with E-state index in [4.69, 9.17) is 4.74 Å². The lowest BCUT2D eigenvalue weighted by atomic mass is 10.1. The van der Waals surface area contributed by atoms with Gasteiger partial charge in [0, 0.05) is 24.5 Å². The first-order chi connectivity index (χ1) is 13.2. The van der Waals surface area contributed by atoms with Crippen molar-refractivity contribution in [2.75, 3.05) is 11.5 Å². The van der Waals surface area contributed by atoms with Gasteiger partial charge in [-0.05, 0) is 70.4 Å². The van der Waals surface area contributed by atoms with E-state index in [1.807, 2.05) is 66.8 Å². The number of nitrogens with zero attached hydrogens (tertiary/aromatic N) is 4. The third kappa shape index (κ3) is 3.72. The zero-order valence-corrected chi connectivity index (χ0v) is 17.7. The monoisotopic (exact) mass is 380 g/mol. The SMILES string of the molecule is Cc1ccc(C)c(N(C(=O)COc2nn(C)c3nc(C)cc(C)c23)C(C)C)c1. The summed E-state index contributed by atoms with van der Waals surface area (Å²) in [7, 11) is 1.83. The Hall–Kier alpha value is -2.89. The molecular weight excluding hydrogens is 352 g/mol. The van der Waals surface area contributed by atoms with Crippen molar-refractivity contribution in [1.29, 1.82) is 0 Å². The lowest BCUT2D eigenvalue weighted by molar-refractivity contribution is -0.121. The highest BCUT2D eigenvalue weighted by atomic mass is 16.5. The number of hydrogen-bond acceptors (Lipinski definition) is 4. The molecule has 0 atom stereocenters. The number of hydrogen-bond donors (Lipinski definition) is 0. The van der Waals surface area contributed by atoms with E-state index in [0.717, 1.165) is 39.1 Å². The molecule has 0 aliphatic heterocycles. The Labute approximate surface area is 166 Å². The molecule has 0 saturated carbocycles. The third-order valence-corrected chi connectivity index (χ3v) is 4.83. The molecule has 0 aliphatic carbocycles. The highest BCUT2D eigenvalue weighted by Gasteiger charge is 2.23. The summed E-state index contributed by atoms with van der Waals surface area (Å²) >= 11 is 0. The van der Waals surface area contributed by atoms with E-state index in [0.29, 0.717) is 5.88 Å². The molecule has 3 aromatic rings. The van der Waals surface area contributed by atoms with E-state index in [9.17, 15) is 4.79 Å². The molecule has 2 aromatic heterocycles. The number of carbonyl (C=O) groups is 1. The highest BCUT2D eigenvalue weighted by molar-refractivity contribution is 5.96. The van der Waals surface area contributed by atoms with Crippen LogP contribution in [0.5, 0.6) is 5.88 Å². The van der Waals surface area contributed by atoms with Crippen LogP contribution < -0.4 is 9.64 Å². The molecule has 0 aliphatic rings. The number of ether oxygens (including phenoxy) is 1. The van der Waals surface area contributed by atoms with Gasteiger partial charge in [-0.15, -0.1) is 5.10 Å². The van der Waals surface area contributed by atoms with Gasteiger partial charge in [0.1, 0.15) is 0 Å². The summed E-state index contributed by atoms with van der Waals surface area (Å²) < 4.78 is 7.58. The van der Waals surface area contributed by atoms with Gasteiger partial charge in [0.2, 0.25) is 5.88 Å². The number of benzene rings is 1. The number of anilines is 1. The van der Waals surface area contributed by atoms with Gasteiger partial charge in [0.25, 0.3) is 5.91 Å². The second-order valence-corrected chi connectivity index (χ2v) is 7.64. The number of carbonyl (C=O) groups excluding carboxylic acids is 1. The van der Waals surface area contributed by atoms with E-state index in [2.05, 4.69) is 16.1 Å². The molecule has 0 spiro atoms. The van der Waals surface area contributed by atoms with E-state index in [-0.39, 0.29) is 18.6 Å². The number of aryl methyl sites for hydroxylation is 5. The number of rotatable bonds is 5. The van der Waals surface area contributed by atoms with Crippen LogP contribution in [0, 0.1) is 27.7 Å². The minimum absolute atomic E-state index is 0.0168. The standard InChI is InChI=1S/C22H28N4O2/c1-13(2)26(18-10-14(3)8-9-15(18)4)19(27)12-28-22-20-16(5)11-17(6)23-21(20)25(7)24-22/h8-11,13H,12H2,1-7H3. The molecule has 1 amide bonds. The molecule has 28 heavy (non-hydrogen) atoms. The van der Waals surface area contributed by atoms with E-state index in [1.165, 1.54) is 0 Å². The average Bonchev–Trinajstić information content (AvgIpc) is 2.92. The van der Waals surface area contributed by atoms with Crippen LogP contribution >= 0.6 is 0 Å². The summed E-state index contributed by atoms with van der Waals surface area (Å²) in [6.07, 6.45) is 0.